The van der Waals surface area contributed by atoms with Crippen molar-refractivity contribution in [2.75, 3.05) is 34.5 Å². The summed E-state index contributed by atoms with van der Waals surface area (Å²) in [7, 11) is 5.07. The Kier molecular flexibility index (Phi) is 3.25. The van der Waals surface area contributed by atoms with E-state index in [1.165, 1.54) is 0 Å². The summed E-state index contributed by atoms with van der Waals surface area (Å²) in [6.07, 6.45) is 4.51. The van der Waals surface area contributed by atoms with Gasteiger partial charge in [0.2, 0.25) is 5.90 Å². The molecule has 0 aromatic heterocycles. The number of hydrogen-bond acceptors (Lipinski definition) is 6. The second kappa shape index (κ2) is 5.44. The Morgan fingerprint density at radius 2 is 2.04 bits per heavy atom. The van der Waals surface area contributed by atoms with Crippen molar-refractivity contribution in [3.05, 3.63) is 23.3 Å². The zero-order valence-electron chi connectivity index (χ0n) is 16.8. The number of fused-ring (bicyclic) bond motifs is 2. The van der Waals surface area contributed by atoms with E-state index in [0.717, 1.165) is 54.6 Å². The minimum Gasteiger partial charge on any atom is -0.494 e. The molecule has 1 aromatic carbocycles. The van der Waals surface area contributed by atoms with Gasteiger partial charge in [-0.25, -0.2) is 4.99 Å². The van der Waals surface area contributed by atoms with E-state index in [1.807, 2.05) is 6.07 Å². The van der Waals surface area contributed by atoms with E-state index < -0.39 is 0 Å². The molecule has 6 atom stereocenters. The predicted molar refractivity (Wildman–Crippen MR) is 105 cm³/mol. The highest BCUT2D eigenvalue weighted by Crippen LogP contribution is 2.66. The van der Waals surface area contributed by atoms with Crippen LogP contribution in [-0.4, -0.2) is 57.4 Å². The van der Waals surface area contributed by atoms with E-state index in [0.29, 0.717) is 29.7 Å². The minimum absolute atomic E-state index is 0.268. The Labute approximate surface area is 165 Å². The lowest BCUT2D eigenvalue weighted by Gasteiger charge is -2.54. The molecule has 1 aromatic rings. The Morgan fingerprint density at radius 3 is 2.75 bits per heavy atom. The van der Waals surface area contributed by atoms with Crippen LogP contribution >= 0.6 is 0 Å². The highest BCUT2D eigenvalue weighted by molar-refractivity contribution is 6.01. The highest BCUT2D eigenvalue weighted by atomic mass is 16.5. The smallest absolute Gasteiger partial charge is 0.201 e. The fourth-order valence-electron chi connectivity index (χ4n) is 6.81. The van der Waals surface area contributed by atoms with Crippen molar-refractivity contribution < 1.29 is 18.9 Å². The van der Waals surface area contributed by atoms with Gasteiger partial charge in [0.1, 0.15) is 11.4 Å². The fourth-order valence-corrected chi connectivity index (χ4v) is 6.81. The standard InChI is InChI=1S/C22H26N2O4/c1-5-11-9-24-14-8-22-17(24)6-12(11)13(14)10-28-21(22)23-19-15(25-2)7-16(26-3)20(27-4)18(19)22/h5,7,12-14,17H,6,8-10H2,1-4H3/b11-5-/t12-,13?,14-,17-,22-/m0/s1. The van der Waals surface area contributed by atoms with Crippen LogP contribution < -0.4 is 14.2 Å². The third-order valence-corrected chi connectivity index (χ3v) is 7.91. The quantitative estimate of drug-likeness (QED) is 0.752. The molecular weight excluding hydrogens is 356 g/mol. The van der Waals surface area contributed by atoms with E-state index >= 15 is 0 Å². The average molecular weight is 382 g/mol. The number of rotatable bonds is 3. The number of hydrogen-bond donors (Lipinski definition) is 0. The summed E-state index contributed by atoms with van der Waals surface area (Å²) >= 11 is 0. The van der Waals surface area contributed by atoms with Crippen molar-refractivity contribution in [2.45, 2.75) is 37.3 Å². The molecule has 6 nitrogen and oxygen atoms in total. The van der Waals surface area contributed by atoms with Gasteiger partial charge in [-0.1, -0.05) is 11.6 Å². The van der Waals surface area contributed by atoms with Gasteiger partial charge in [-0.3, -0.25) is 4.90 Å². The van der Waals surface area contributed by atoms with Gasteiger partial charge in [0, 0.05) is 36.2 Å². The Hall–Kier alpha value is -2.21. The second-order valence-corrected chi connectivity index (χ2v) is 8.57. The first-order chi connectivity index (χ1) is 13.7. The van der Waals surface area contributed by atoms with Gasteiger partial charge in [-0.2, -0.15) is 0 Å². The van der Waals surface area contributed by atoms with Crippen LogP contribution in [-0.2, 0) is 10.2 Å². The van der Waals surface area contributed by atoms with Crippen molar-refractivity contribution in [1.29, 1.82) is 0 Å². The first-order valence-corrected chi connectivity index (χ1v) is 10.1. The lowest BCUT2D eigenvalue weighted by molar-refractivity contribution is -0.0152. The molecule has 5 saturated heterocycles. The number of piperidine rings is 3. The summed E-state index contributed by atoms with van der Waals surface area (Å²) in [4.78, 5) is 7.71. The van der Waals surface area contributed by atoms with Crippen molar-refractivity contribution >= 4 is 11.6 Å². The summed E-state index contributed by atoms with van der Waals surface area (Å²) in [5, 5.41) is 0. The van der Waals surface area contributed by atoms with Gasteiger partial charge in [-0.15, -0.1) is 0 Å². The van der Waals surface area contributed by atoms with E-state index in [2.05, 4.69) is 17.9 Å². The maximum atomic E-state index is 6.43. The summed E-state index contributed by atoms with van der Waals surface area (Å²) in [6.45, 7) is 3.99. The fraction of sp³-hybridized carbons (Fsp3) is 0.591. The first-order valence-electron chi connectivity index (χ1n) is 10.1. The van der Waals surface area contributed by atoms with Gasteiger partial charge in [0.15, 0.2) is 11.5 Å². The van der Waals surface area contributed by atoms with Crippen molar-refractivity contribution in [3.8, 4) is 17.2 Å². The predicted octanol–water partition coefficient (Wildman–Crippen LogP) is 3.06. The molecule has 6 heterocycles. The van der Waals surface area contributed by atoms with Gasteiger partial charge >= 0.3 is 0 Å². The number of ether oxygens (including phenoxy) is 4. The molecule has 0 amide bonds. The van der Waals surface area contributed by atoms with Gasteiger partial charge in [0.25, 0.3) is 0 Å². The maximum Gasteiger partial charge on any atom is 0.201 e. The molecule has 5 fully saturated rings. The summed E-state index contributed by atoms with van der Waals surface area (Å²) in [6, 6.07) is 2.79. The molecule has 0 saturated carbocycles. The third kappa shape index (κ3) is 1.68. The van der Waals surface area contributed by atoms with Crippen LogP contribution in [0, 0.1) is 11.8 Å². The van der Waals surface area contributed by atoms with E-state index in [4.69, 9.17) is 23.9 Å². The highest BCUT2D eigenvalue weighted by Gasteiger charge is 2.69. The van der Waals surface area contributed by atoms with Crippen LogP contribution in [0.3, 0.4) is 0 Å². The molecule has 0 radical (unpaired) electrons. The molecule has 6 aliphatic rings. The first kappa shape index (κ1) is 16.7. The van der Waals surface area contributed by atoms with E-state index in [1.54, 1.807) is 26.9 Å². The molecule has 0 N–H and O–H groups in total. The molecule has 5 bridgehead atoms. The van der Waals surface area contributed by atoms with Crippen molar-refractivity contribution in [2.24, 2.45) is 16.8 Å². The number of methoxy groups -OCH3 is 3. The molecular formula is C22H26N2O4. The lowest BCUT2D eigenvalue weighted by atomic mass is 9.68. The van der Waals surface area contributed by atoms with Crippen molar-refractivity contribution in [3.63, 3.8) is 0 Å². The molecule has 1 spiro atoms. The SMILES string of the molecule is C/C=C1/CN2[C@H]3C[C@@H]1C1COC4=Nc5c(OC)cc(OC)c(OC)c5[C@@]43C[C@@H]12. The van der Waals surface area contributed by atoms with Crippen LogP contribution in [0.25, 0.3) is 0 Å². The Morgan fingerprint density at radius 1 is 1.21 bits per heavy atom. The van der Waals surface area contributed by atoms with Gasteiger partial charge < -0.3 is 18.9 Å². The zero-order valence-corrected chi connectivity index (χ0v) is 16.8. The monoisotopic (exact) mass is 382 g/mol. The minimum atomic E-state index is -0.268. The van der Waals surface area contributed by atoms with E-state index in [9.17, 15) is 0 Å². The van der Waals surface area contributed by atoms with Crippen molar-refractivity contribution in [1.82, 2.24) is 4.90 Å². The summed E-state index contributed by atoms with van der Waals surface area (Å²) < 4.78 is 23.7. The van der Waals surface area contributed by atoms with Gasteiger partial charge in [-0.05, 0) is 25.7 Å². The topological polar surface area (TPSA) is 52.5 Å². The summed E-state index contributed by atoms with van der Waals surface area (Å²) in [5.74, 6) is 4.21. The number of benzene rings is 1. The largest absolute Gasteiger partial charge is 0.494 e. The molecule has 0 aliphatic carbocycles. The lowest BCUT2D eigenvalue weighted by Crippen LogP contribution is -2.61. The van der Waals surface area contributed by atoms with Crippen LogP contribution in [0.1, 0.15) is 25.3 Å². The molecule has 6 heteroatoms. The number of aliphatic imine (C=N–C) groups is 1. The van der Waals surface area contributed by atoms with E-state index in [-0.39, 0.29) is 5.41 Å². The molecule has 6 aliphatic heterocycles. The number of allylic oxidation sites excluding steroid dienone is 1. The molecule has 2 unspecified atom stereocenters. The second-order valence-electron chi connectivity index (χ2n) is 8.57. The van der Waals surface area contributed by atoms with Crippen LogP contribution in [0.5, 0.6) is 17.2 Å². The number of nitrogens with zero attached hydrogens (tertiary/aromatic N) is 2. The summed E-state index contributed by atoms with van der Waals surface area (Å²) in [5.41, 5.74) is 3.26. The molecule has 28 heavy (non-hydrogen) atoms. The molecule has 7 rings (SSSR count). The zero-order chi connectivity index (χ0) is 19.2. The van der Waals surface area contributed by atoms with Gasteiger partial charge in [0.05, 0.1) is 33.4 Å². The van der Waals surface area contributed by atoms with Crippen LogP contribution in [0.15, 0.2) is 22.7 Å². The normalized spacial score (nSPS) is 39.9. The molecule has 148 valence electrons. The van der Waals surface area contributed by atoms with Crippen LogP contribution in [0.4, 0.5) is 5.69 Å². The maximum absolute atomic E-state index is 6.43. The average Bonchev–Trinajstić information content (AvgIpc) is 3.10. The Bertz CT molecular complexity index is 939. The van der Waals surface area contributed by atoms with Crippen LogP contribution in [0.2, 0.25) is 0 Å². The third-order valence-electron chi connectivity index (χ3n) is 7.91. The Balaban J connectivity index is 1.62.